The van der Waals surface area contributed by atoms with Crippen LogP contribution in [0.15, 0.2) is 41.0 Å². The van der Waals surface area contributed by atoms with Crippen molar-refractivity contribution < 1.29 is 14.0 Å². The zero-order valence-electron chi connectivity index (χ0n) is 16.1. The summed E-state index contributed by atoms with van der Waals surface area (Å²) in [6.45, 7) is 4.70. The van der Waals surface area contributed by atoms with Gasteiger partial charge >= 0.3 is 0 Å². The molecule has 1 aromatic heterocycles. The highest BCUT2D eigenvalue weighted by atomic mass is 35.5. The lowest BCUT2D eigenvalue weighted by Crippen LogP contribution is -2.48. The van der Waals surface area contributed by atoms with Crippen LogP contribution in [-0.4, -0.2) is 42.9 Å². The smallest absolute Gasteiger partial charge is 0.289 e. The van der Waals surface area contributed by atoms with E-state index in [1.165, 1.54) is 6.26 Å². The zero-order valence-corrected chi connectivity index (χ0v) is 16.9. The van der Waals surface area contributed by atoms with Crippen molar-refractivity contribution in [3.63, 3.8) is 0 Å². The highest BCUT2D eigenvalue weighted by Gasteiger charge is 2.24. The summed E-state index contributed by atoms with van der Waals surface area (Å²) in [5.74, 6) is 0.296. The summed E-state index contributed by atoms with van der Waals surface area (Å²) in [4.78, 5) is 28.3. The van der Waals surface area contributed by atoms with Crippen LogP contribution in [-0.2, 0) is 4.79 Å². The molecule has 2 aromatic rings. The summed E-state index contributed by atoms with van der Waals surface area (Å²) in [5.41, 5.74) is 1.62. The Morgan fingerprint density at radius 2 is 1.93 bits per heavy atom. The Kier molecular flexibility index (Phi) is 6.98. The van der Waals surface area contributed by atoms with Crippen molar-refractivity contribution in [2.45, 2.75) is 32.6 Å². The van der Waals surface area contributed by atoms with E-state index in [-0.39, 0.29) is 11.8 Å². The van der Waals surface area contributed by atoms with E-state index in [4.69, 9.17) is 16.0 Å². The van der Waals surface area contributed by atoms with Crippen molar-refractivity contribution in [2.24, 2.45) is 0 Å². The summed E-state index contributed by atoms with van der Waals surface area (Å²) < 4.78 is 5.19. The molecule has 0 unspecified atom stereocenters. The monoisotopic (exact) mass is 403 g/mol. The first kappa shape index (κ1) is 20.3. The normalized spacial score (nSPS) is 14.2. The number of nitrogens with one attached hydrogen (secondary N) is 1. The van der Waals surface area contributed by atoms with Crippen molar-refractivity contribution >= 4 is 34.8 Å². The molecule has 1 aromatic carbocycles. The molecule has 0 spiro atoms. The lowest BCUT2D eigenvalue weighted by molar-refractivity contribution is -0.116. The van der Waals surface area contributed by atoms with Gasteiger partial charge in [0.15, 0.2) is 5.76 Å². The molecular formula is C21H26ClN3O3. The molecule has 2 amide bonds. The quantitative estimate of drug-likeness (QED) is 0.695. The van der Waals surface area contributed by atoms with Gasteiger partial charge in [-0.25, -0.2) is 0 Å². The zero-order chi connectivity index (χ0) is 19.9. The fraction of sp³-hybridized carbons (Fsp3) is 0.429. The lowest BCUT2D eigenvalue weighted by atomic mass is 10.2. The predicted octanol–water partition coefficient (Wildman–Crippen LogP) is 4.41. The molecule has 0 saturated carbocycles. The van der Waals surface area contributed by atoms with Gasteiger partial charge in [-0.15, -0.1) is 0 Å². The van der Waals surface area contributed by atoms with Crippen LogP contribution in [0, 0.1) is 0 Å². The van der Waals surface area contributed by atoms with E-state index in [1.807, 2.05) is 12.1 Å². The van der Waals surface area contributed by atoms with Crippen LogP contribution in [0.25, 0.3) is 0 Å². The number of amides is 2. The number of furan rings is 1. The Balaban J connectivity index is 1.55. The molecule has 1 aliphatic heterocycles. The van der Waals surface area contributed by atoms with Crippen molar-refractivity contribution in [3.8, 4) is 0 Å². The standard InChI is InChI=1S/C21H26ClN3O3/c1-2-3-4-7-20(26)23-16-8-9-18(17(22)15-16)24-10-12-25(13-11-24)21(27)19-6-5-14-28-19/h5-6,8-9,14-15H,2-4,7,10-13H2,1H3,(H,23,26). The Labute approximate surface area is 170 Å². The number of benzene rings is 1. The minimum atomic E-state index is -0.0862. The number of hydrogen-bond acceptors (Lipinski definition) is 4. The van der Waals surface area contributed by atoms with Crippen LogP contribution in [0.1, 0.15) is 43.2 Å². The Morgan fingerprint density at radius 1 is 1.14 bits per heavy atom. The number of carbonyl (C=O) groups excluding carboxylic acids is 2. The van der Waals surface area contributed by atoms with Crippen molar-refractivity contribution in [1.82, 2.24) is 4.90 Å². The molecule has 0 radical (unpaired) electrons. The SMILES string of the molecule is CCCCCC(=O)Nc1ccc(N2CCN(C(=O)c3ccco3)CC2)c(Cl)c1. The first-order valence-electron chi connectivity index (χ1n) is 9.75. The molecule has 1 aliphatic rings. The van der Waals surface area contributed by atoms with Gasteiger partial charge in [-0.3, -0.25) is 9.59 Å². The molecule has 150 valence electrons. The van der Waals surface area contributed by atoms with Crippen molar-refractivity contribution in [2.75, 3.05) is 36.4 Å². The van der Waals surface area contributed by atoms with Crippen LogP contribution < -0.4 is 10.2 Å². The van der Waals surface area contributed by atoms with Gasteiger partial charge in [-0.1, -0.05) is 31.4 Å². The van der Waals surface area contributed by atoms with Crippen molar-refractivity contribution in [3.05, 3.63) is 47.4 Å². The molecule has 7 heteroatoms. The number of piperazine rings is 1. The van der Waals surface area contributed by atoms with Gasteiger partial charge in [0.2, 0.25) is 5.91 Å². The summed E-state index contributed by atoms with van der Waals surface area (Å²) in [5, 5.41) is 3.50. The second kappa shape index (κ2) is 9.64. The van der Waals surface area contributed by atoms with Crippen LogP contribution in [0.2, 0.25) is 5.02 Å². The molecule has 0 aliphatic carbocycles. The highest BCUT2D eigenvalue weighted by molar-refractivity contribution is 6.33. The van der Waals surface area contributed by atoms with Gasteiger partial charge in [0.05, 0.1) is 17.0 Å². The van der Waals surface area contributed by atoms with E-state index in [9.17, 15) is 9.59 Å². The maximum atomic E-state index is 12.4. The lowest BCUT2D eigenvalue weighted by Gasteiger charge is -2.36. The minimum Gasteiger partial charge on any atom is -0.459 e. The number of nitrogens with zero attached hydrogens (tertiary/aromatic N) is 2. The van der Waals surface area contributed by atoms with E-state index in [0.29, 0.717) is 49.1 Å². The van der Waals surface area contributed by atoms with Gasteiger partial charge in [0, 0.05) is 38.3 Å². The summed E-state index contributed by atoms with van der Waals surface area (Å²) in [6.07, 6.45) is 5.08. The molecule has 1 N–H and O–H groups in total. The Bertz CT molecular complexity index is 799. The van der Waals surface area contributed by atoms with Crippen LogP contribution in [0.3, 0.4) is 0 Å². The van der Waals surface area contributed by atoms with Gasteiger partial charge in [-0.05, 0) is 36.8 Å². The molecule has 28 heavy (non-hydrogen) atoms. The van der Waals surface area contributed by atoms with Crippen LogP contribution in [0.5, 0.6) is 0 Å². The van der Waals surface area contributed by atoms with Gasteiger partial charge in [0.25, 0.3) is 5.91 Å². The van der Waals surface area contributed by atoms with E-state index in [1.54, 1.807) is 23.1 Å². The second-order valence-corrected chi connectivity index (χ2v) is 7.34. The largest absolute Gasteiger partial charge is 0.459 e. The summed E-state index contributed by atoms with van der Waals surface area (Å²) >= 11 is 6.46. The summed E-state index contributed by atoms with van der Waals surface area (Å²) in [6, 6.07) is 8.98. The van der Waals surface area contributed by atoms with Crippen molar-refractivity contribution in [1.29, 1.82) is 0 Å². The fourth-order valence-electron chi connectivity index (χ4n) is 3.31. The predicted molar refractivity (Wildman–Crippen MR) is 111 cm³/mol. The molecule has 2 heterocycles. The minimum absolute atomic E-state index is 0.0160. The average Bonchev–Trinajstić information content (AvgIpc) is 3.23. The van der Waals surface area contributed by atoms with Crippen LogP contribution in [0.4, 0.5) is 11.4 Å². The number of carbonyl (C=O) groups is 2. The molecule has 1 fully saturated rings. The Morgan fingerprint density at radius 3 is 2.57 bits per heavy atom. The second-order valence-electron chi connectivity index (χ2n) is 6.93. The average molecular weight is 404 g/mol. The first-order chi connectivity index (χ1) is 13.6. The third-order valence-electron chi connectivity index (χ3n) is 4.88. The number of unbranched alkanes of at least 4 members (excludes halogenated alkanes) is 2. The van der Waals surface area contributed by atoms with Gasteiger partial charge < -0.3 is 19.5 Å². The molecular weight excluding hydrogens is 378 g/mol. The Hall–Kier alpha value is -2.47. The van der Waals surface area contributed by atoms with Gasteiger partial charge in [0.1, 0.15) is 0 Å². The molecule has 0 bridgehead atoms. The fourth-order valence-corrected chi connectivity index (χ4v) is 3.61. The van der Waals surface area contributed by atoms with E-state index < -0.39 is 0 Å². The highest BCUT2D eigenvalue weighted by Crippen LogP contribution is 2.30. The third kappa shape index (κ3) is 5.07. The molecule has 1 saturated heterocycles. The van der Waals surface area contributed by atoms with Crippen LogP contribution >= 0.6 is 11.6 Å². The first-order valence-corrected chi connectivity index (χ1v) is 10.1. The molecule has 3 rings (SSSR count). The number of anilines is 2. The molecule has 6 nitrogen and oxygen atoms in total. The summed E-state index contributed by atoms with van der Waals surface area (Å²) in [7, 11) is 0. The van der Waals surface area contributed by atoms with E-state index >= 15 is 0 Å². The number of rotatable bonds is 7. The number of halogens is 1. The molecule has 0 atom stereocenters. The van der Waals surface area contributed by atoms with E-state index in [0.717, 1.165) is 24.9 Å². The van der Waals surface area contributed by atoms with E-state index in [2.05, 4.69) is 17.1 Å². The van der Waals surface area contributed by atoms with Gasteiger partial charge in [-0.2, -0.15) is 0 Å². The maximum absolute atomic E-state index is 12.4. The number of hydrogen-bond donors (Lipinski definition) is 1. The third-order valence-corrected chi connectivity index (χ3v) is 5.18. The topological polar surface area (TPSA) is 65.8 Å². The maximum Gasteiger partial charge on any atom is 0.289 e.